The van der Waals surface area contributed by atoms with Crippen molar-refractivity contribution in [3.63, 3.8) is 0 Å². The Morgan fingerprint density at radius 3 is 2.38 bits per heavy atom. The molecule has 3 aromatic carbocycles. The minimum atomic E-state index is 0.116. The van der Waals surface area contributed by atoms with Gasteiger partial charge in [0.15, 0.2) is 11.6 Å². The Balaban J connectivity index is 1.45. The van der Waals surface area contributed by atoms with Gasteiger partial charge in [-0.25, -0.2) is 15.0 Å². The van der Waals surface area contributed by atoms with Gasteiger partial charge in [0.25, 0.3) is 0 Å². The Morgan fingerprint density at radius 2 is 1.62 bits per heavy atom. The van der Waals surface area contributed by atoms with Crippen molar-refractivity contribution < 1.29 is 0 Å². The minimum Gasteiger partial charge on any atom is -0.309 e. The van der Waals surface area contributed by atoms with Crippen LogP contribution in [0.15, 0.2) is 109 Å². The largest absolute Gasteiger partial charge is 0.309 e. The monoisotopic (exact) mass is 503 g/mol. The highest BCUT2D eigenvalue weighted by Gasteiger charge is 2.19. The van der Waals surface area contributed by atoms with E-state index in [1.165, 1.54) is 0 Å². The summed E-state index contributed by atoms with van der Waals surface area (Å²) in [5.74, 6) is 2.28. The van der Waals surface area contributed by atoms with Crippen LogP contribution in [0.2, 0.25) is 0 Å². The van der Waals surface area contributed by atoms with Crippen molar-refractivity contribution in [3.8, 4) is 23.1 Å². The van der Waals surface area contributed by atoms with Crippen LogP contribution in [0.5, 0.6) is 0 Å². The van der Waals surface area contributed by atoms with Crippen molar-refractivity contribution in [2.45, 2.75) is 25.2 Å². The third kappa shape index (κ3) is 4.17. The fourth-order valence-corrected chi connectivity index (χ4v) is 5.45. The average molecular weight is 504 g/mol. The zero-order valence-electron chi connectivity index (χ0n) is 21.3. The summed E-state index contributed by atoms with van der Waals surface area (Å²) in [6, 6.07) is 24.9. The second-order valence-electron chi connectivity index (χ2n) is 9.88. The number of aromatic nitrogens is 4. The number of para-hydroxylation sites is 1. The van der Waals surface area contributed by atoms with Crippen LogP contribution in [-0.2, 0) is 0 Å². The summed E-state index contributed by atoms with van der Waals surface area (Å²) in [5, 5.41) is 11.7. The maximum atomic E-state index is 9.63. The predicted octanol–water partition coefficient (Wildman–Crippen LogP) is 7.84. The minimum absolute atomic E-state index is 0.116. The molecule has 5 heteroatoms. The molecule has 7 rings (SSSR count). The lowest BCUT2D eigenvalue weighted by Gasteiger charge is -2.15. The first-order valence-corrected chi connectivity index (χ1v) is 13.3. The maximum absolute atomic E-state index is 9.63. The van der Waals surface area contributed by atoms with Crippen molar-refractivity contribution in [1.82, 2.24) is 19.5 Å². The van der Waals surface area contributed by atoms with Crippen molar-refractivity contribution in [1.29, 1.82) is 5.26 Å². The average Bonchev–Trinajstić information content (AvgIpc) is 3.35. The number of hydrogen-bond donors (Lipinski definition) is 0. The number of nitriles is 1. The van der Waals surface area contributed by atoms with Crippen LogP contribution in [0.25, 0.3) is 44.5 Å². The first-order chi connectivity index (χ1) is 19.3. The molecule has 0 saturated carbocycles. The molecule has 2 aliphatic carbocycles. The zero-order valence-corrected chi connectivity index (χ0v) is 21.3. The molecule has 0 aliphatic heterocycles. The molecule has 186 valence electrons. The van der Waals surface area contributed by atoms with E-state index in [1.807, 2.05) is 36.4 Å². The molecule has 0 fully saturated rings. The van der Waals surface area contributed by atoms with Crippen LogP contribution >= 0.6 is 0 Å². The maximum Gasteiger partial charge on any atom is 0.163 e. The van der Waals surface area contributed by atoms with Crippen LogP contribution in [0, 0.1) is 11.3 Å². The molecule has 2 heterocycles. The topological polar surface area (TPSA) is 67.4 Å². The summed E-state index contributed by atoms with van der Waals surface area (Å²) in [6.45, 7) is 0. The molecule has 5 nitrogen and oxygen atoms in total. The quantitative estimate of drug-likeness (QED) is 0.251. The second-order valence-corrected chi connectivity index (χ2v) is 9.88. The van der Waals surface area contributed by atoms with Gasteiger partial charge in [0.1, 0.15) is 5.82 Å². The number of allylic oxidation sites excluding steroid dienone is 8. The molecule has 0 bridgehead atoms. The molecule has 0 radical (unpaired) electrons. The molecule has 1 unspecified atom stereocenters. The van der Waals surface area contributed by atoms with Gasteiger partial charge >= 0.3 is 0 Å². The van der Waals surface area contributed by atoms with E-state index in [1.54, 1.807) is 0 Å². The third-order valence-electron chi connectivity index (χ3n) is 7.38. The molecule has 2 aliphatic rings. The standard InChI is InChI=1S/C34H25N5/c35-22-23-16-18-30-28(20-23)29-21-26(17-19-31(29)39(30)27-14-8-3-9-15-27)34-37-32(24-10-4-1-5-11-24)36-33(38-34)25-12-6-2-7-13-25/h1,3-6,8-10,12-21,24H,2,7,11H2. The second kappa shape index (κ2) is 9.66. The summed E-state index contributed by atoms with van der Waals surface area (Å²) in [6.07, 6.45) is 17.8. The van der Waals surface area contributed by atoms with Gasteiger partial charge < -0.3 is 4.57 Å². The van der Waals surface area contributed by atoms with Gasteiger partial charge in [-0.2, -0.15) is 5.26 Å². The lowest BCUT2D eigenvalue weighted by atomic mass is 9.99. The van der Waals surface area contributed by atoms with E-state index in [-0.39, 0.29) is 5.92 Å². The number of hydrogen-bond acceptors (Lipinski definition) is 4. The van der Waals surface area contributed by atoms with Crippen LogP contribution in [0.3, 0.4) is 0 Å². The van der Waals surface area contributed by atoms with E-state index in [0.717, 1.165) is 63.7 Å². The highest BCUT2D eigenvalue weighted by atomic mass is 15.0. The highest BCUT2D eigenvalue weighted by molar-refractivity contribution is 6.10. The smallest absolute Gasteiger partial charge is 0.163 e. The van der Waals surface area contributed by atoms with Gasteiger partial charge in [0, 0.05) is 33.5 Å². The van der Waals surface area contributed by atoms with Crippen molar-refractivity contribution in [3.05, 3.63) is 126 Å². The molecule has 0 spiro atoms. The fraction of sp³-hybridized carbons (Fsp3) is 0.118. The van der Waals surface area contributed by atoms with Gasteiger partial charge in [-0.1, -0.05) is 60.7 Å². The van der Waals surface area contributed by atoms with Crippen LogP contribution < -0.4 is 0 Å². The van der Waals surface area contributed by atoms with Gasteiger partial charge in [-0.05, 0) is 67.8 Å². The molecule has 0 N–H and O–H groups in total. The summed E-state index contributed by atoms with van der Waals surface area (Å²) in [7, 11) is 0. The molecule has 0 amide bonds. The van der Waals surface area contributed by atoms with E-state index in [2.05, 4.69) is 83.5 Å². The molecular formula is C34H25N5. The summed E-state index contributed by atoms with van der Waals surface area (Å²) in [4.78, 5) is 14.9. The number of rotatable bonds is 4. The van der Waals surface area contributed by atoms with E-state index < -0.39 is 0 Å². The van der Waals surface area contributed by atoms with E-state index in [0.29, 0.717) is 17.2 Å². The Labute approximate surface area is 226 Å². The van der Waals surface area contributed by atoms with Crippen LogP contribution in [-0.4, -0.2) is 19.5 Å². The number of nitrogens with zero attached hydrogens (tertiary/aromatic N) is 5. The first-order valence-electron chi connectivity index (χ1n) is 13.3. The van der Waals surface area contributed by atoms with Crippen LogP contribution in [0.4, 0.5) is 0 Å². The summed E-state index contributed by atoms with van der Waals surface area (Å²) < 4.78 is 2.25. The van der Waals surface area contributed by atoms with Crippen molar-refractivity contribution in [2.75, 3.05) is 0 Å². The Bertz CT molecular complexity index is 1900. The van der Waals surface area contributed by atoms with Gasteiger partial charge in [0.2, 0.25) is 0 Å². The lowest BCUT2D eigenvalue weighted by Crippen LogP contribution is -2.09. The Hall–Kier alpha value is -5.08. The number of benzene rings is 3. The number of fused-ring (bicyclic) bond motifs is 3. The van der Waals surface area contributed by atoms with E-state index in [4.69, 9.17) is 15.0 Å². The normalized spacial score (nSPS) is 16.5. The predicted molar refractivity (Wildman–Crippen MR) is 156 cm³/mol. The highest BCUT2D eigenvalue weighted by Crippen LogP contribution is 2.35. The Morgan fingerprint density at radius 1 is 0.795 bits per heavy atom. The molecule has 1 atom stereocenters. The summed E-state index contributed by atoms with van der Waals surface area (Å²) >= 11 is 0. The van der Waals surface area contributed by atoms with Gasteiger partial charge in [0.05, 0.1) is 22.7 Å². The SMILES string of the molecule is N#Cc1ccc2c(c1)c1cc(-c3nc(C4=CCCC=C4)nc(C4C=CC=CC4)n3)ccc1n2-c1ccccc1. The Kier molecular flexibility index (Phi) is 5.71. The third-order valence-corrected chi connectivity index (χ3v) is 7.38. The van der Waals surface area contributed by atoms with Crippen molar-refractivity contribution >= 4 is 27.4 Å². The van der Waals surface area contributed by atoms with Crippen molar-refractivity contribution in [2.24, 2.45) is 0 Å². The summed E-state index contributed by atoms with van der Waals surface area (Å²) in [5.41, 5.74) is 5.81. The molecule has 39 heavy (non-hydrogen) atoms. The molecule has 2 aromatic heterocycles. The van der Waals surface area contributed by atoms with E-state index >= 15 is 0 Å². The first kappa shape index (κ1) is 23.1. The molecular weight excluding hydrogens is 478 g/mol. The van der Waals surface area contributed by atoms with Gasteiger partial charge in [-0.3, -0.25) is 0 Å². The lowest BCUT2D eigenvalue weighted by molar-refractivity contribution is 0.756. The molecule has 5 aromatic rings. The fourth-order valence-electron chi connectivity index (χ4n) is 5.45. The van der Waals surface area contributed by atoms with E-state index in [9.17, 15) is 5.26 Å². The van der Waals surface area contributed by atoms with Crippen LogP contribution in [0.1, 0.15) is 42.4 Å². The molecule has 0 saturated heterocycles. The van der Waals surface area contributed by atoms with Gasteiger partial charge in [-0.15, -0.1) is 0 Å². The zero-order chi connectivity index (χ0) is 26.2.